The maximum Gasteiger partial charge on any atom is 0.240 e. The van der Waals surface area contributed by atoms with E-state index in [1.807, 2.05) is 42.5 Å². The van der Waals surface area contributed by atoms with Gasteiger partial charge in [0.15, 0.2) is 5.82 Å². The number of aromatic nitrogens is 5. The fourth-order valence-electron chi connectivity index (χ4n) is 8.14. The van der Waals surface area contributed by atoms with E-state index in [2.05, 4.69) is 30.3 Å². The van der Waals surface area contributed by atoms with Crippen molar-refractivity contribution in [3.63, 3.8) is 0 Å². The van der Waals surface area contributed by atoms with Crippen LogP contribution in [0.3, 0.4) is 0 Å². The van der Waals surface area contributed by atoms with E-state index in [1.54, 1.807) is 29.5 Å². The van der Waals surface area contributed by atoms with Gasteiger partial charge in [-0.15, -0.1) is 11.3 Å². The summed E-state index contributed by atoms with van der Waals surface area (Å²) in [5, 5.41) is 0.801. The number of rotatable bonds is 6. The number of fused-ring (bicyclic) bond motifs is 9. The Labute approximate surface area is 394 Å². The maximum absolute atomic E-state index is 9.94. The second-order valence-electron chi connectivity index (χ2n) is 14.5. The molecule has 5 nitrogen and oxygen atoms in total. The van der Waals surface area contributed by atoms with Crippen LogP contribution in [0.5, 0.6) is 0 Å². The molecule has 0 fully saturated rings. The maximum atomic E-state index is 9.94. The third-order valence-electron chi connectivity index (χ3n) is 11.0. The smallest absolute Gasteiger partial charge is 0.240 e. The second-order valence-corrected chi connectivity index (χ2v) is 15.6. The van der Waals surface area contributed by atoms with Crippen molar-refractivity contribution in [1.29, 1.82) is 0 Å². The summed E-state index contributed by atoms with van der Waals surface area (Å²) in [6.07, 6.45) is 0. The summed E-state index contributed by atoms with van der Waals surface area (Å²) in [6, 6.07) is 14.1. The first-order valence-electron chi connectivity index (χ1n) is 29.5. The summed E-state index contributed by atoms with van der Waals surface area (Å²) in [5.74, 6) is -1.38. The molecular formula is C57H35N5S. The van der Waals surface area contributed by atoms with E-state index in [4.69, 9.17) is 32.8 Å². The largest absolute Gasteiger partial charge is 0.278 e. The Morgan fingerprint density at radius 2 is 0.873 bits per heavy atom. The first-order valence-corrected chi connectivity index (χ1v) is 20.4. The average molecular weight is 842 g/mol. The summed E-state index contributed by atoms with van der Waals surface area (Å²) in [5.41, 5.74) is 0.501. The molecule has 13 rings (SSSR count). The predicted octanol–water partition coefficient (Wildman–Crippen LogP) is 15.1. The molecular weight excluding hydrogens is 787 g/mol. The second kappa shape index (κ2) is 14.2. The van der Waals surface area contributed by atoms with Crippen LogP contribution in [0.1, 0.15) is 27.4 Å². The van der Waals surface area contributed by atoms with Gasteiger partial charge in [-0.2, -0.15) is 15.0 Å². The Balaban J connectivity index is 1.15. The zero-order chi connectivity index (χ0) is 58.8. The third-order valence-corrected chi connectivity index (χ3v) is 12.1. The highest BCUT2D eigenvalue weighted by molar-refractivity contribution is 7.25. The molecule has 0 aliphatic rings. The summed E-state index contributed by atoms with van der Waals surface area (Å²) < 4.78 is 184. The zero-order valence-corrected chi connectivity index (χ0v) is 33.1. The Morgan fingerprint density at radius 1 is 0.349 bits per heavy atom. The van der Waals surface area contributed by atoms with E-state index in [-0.39, 0.29) is 38.6 Å². The number of thiophene rings is 1. The predicted molar refractivity (Wildman–Crippen MR) is 263 cm³/mol. The minimum absolute atomic E-state index is 0.231. The van der Waals surface area contributed by atoms with Crippen LogP contribution in [0.2, 0.25) is 0 Å². The van der Waals surface area contributed by atoms with Gasteiger partial charge in [0.1, 0.15) is 0 Å². The number of hydrogen-bond donors (Lipinski definition) is 0. The summed E-state index contributed by atoms with van der Waals surface area (Å²) in [4.78, 5) is 14.7. The molecule has 0 radical (unpaired) electrons. The van der Waals surface area contributed by atoms with Gasteiger partial charge < -0.3 is 0 Å². The van der Waals surface area contributed by atoms with Crippen LogP contribution < -0.4 is 0 Å². The molecule has 0 aliphatic heterocycles. The molecule has 0 N–H and O–H groups in total. The number of benzene rings is 9. The highest BCUT2D eigenvalue weighted by atomic mass is 32.1. The van der Waals surface area contributed by atoms with E-state index >= 15 is 0 Å². The van der Waals surface area contributed by atoms with Crippen LogP contribution in [-0.2, 0) is 0 Å². The van der Waals surface area contributed by atoms with Crippen LogP contribution in [0, 0.1) is 0 Å². The van der Waals surface area contributed by atoms with Crippen LogP contribution in [-0.4, -0.2) is 24.1 Å². The third kappa shape index (κ3) is 5.80. The molecule has 6 heteroatoms. The van der Waals surface area contributed by atoms with Gasteiger partial charge in [-0.05, 0) is 87.9 Å². The molecule has 294 valence electrons. The summed E-state index contributed by atoms with van der Waals surface area (Å²) in [6.45, 7) is 0. The lowest BCUT2D eigenvalue weighted by Gasteiger charge is -2.13. The van der Waals surface area contributed by atoms with Gasteiger partial charge >= 0.3 is 0 Å². The van der Waals surface area contributed by atoms with Gasteiger partial charge in [0.05, 0.1) is 49.5 Å². The number of hydrogen-bond acceptors (Lipinski definition) is 4. The van der Waals surface area contributed by atoms with Crippen LogP contribution in [0.15, 0.2) is 212 Å². The number of nitrogens with zero attached hydrogens (tertiary/aromatic N) is 5. The zero-order valence-electron chi connectivity index (χ0n) is 52.3. The van der Waals surface area contributed by atoms with E-state index in [1.165, 1.54) is 0 Å². The van der Waals surface area contributed by atoms with E-state index in [0.29, 0.717) is 5.56 Å². The first-order chi connectivity index (χ1) is 39.5. The molecule has 0 saturated carbocycles. The van der Waals surface area contributed by atoms with Crippen molar-refractivity contribution in [3.8, 4) is 56.7 Å². The van der Waals surface area contributed by atoms with Crippen molar-refractivity contribution < 1.29 is 27.4 Å². The molecule has 4 aromatic heterocycles. The van der Waals surface area contributed by atoms with Gasteiger partial charge in [-0.25, -0.2) is 0 Å². The van der Waals surface area contributed by atoms with E-state index in [9.17, 15) is 9.60 Å². The van der Waals surface area contributed by atoms with Crippen molar-refractivity contribution in [2.75, 3.05) is 0 Å². The lowest BCUT2D eigenvalue weighted by Crippen LogP contribution is -2.10. The monoisotopic (exact) mass is 841 g/mol. The SMILES string of the molecule is [2H]c1c([2H])c([2H])c(-c2c([2H])c([2H])c3c4c([2H])c([2H])c([2H])c([2H])c4n(-c4nc(-c5cccc(-c6cccc(-c7ccc8sc9ccccc9c8c7)c6)c5)nc(-n5c6c([2H])c([2H])c([2H])c([2H])c6c6c([2H])c([2H])c([2H])c([2H])c65)n4)c3c2[2H])c([2H])c1[2H]. The van der Waals surface area contributed by atoms with Crippen molar-refractivity contribution in [3.05, 3.63) is 212 Å². The van der Waals surface area contributed by atoms with Crippen LogP contribution in [0.4, 0.5) is 0 Å². The van der Waals surface area contributed by atoms with Crippen molar-refractivity contribution in [1.82, 2.24) is 24.1 Å². The van der Waals surface area contributed by atoms with Gasteiger partial charge in [-0.3, -0.25) is 9.13 Å². The highest BCUT2D eigenvalue weighted by Crippen LogP contribution is 2.39. The first kappa shape index (κ1) is 21.1. The van der Waals surface area contributed by atoms with E-state index in [0.717, 1.165) is 46.0 Å². The molecule has 0 amide bonds. The molecule has 0 atom stereocenters. The van der Waals surface area contributed by atoms with Gasteiger partial charge in [-0.1, -0.05) is 157 Å². The minimum atomic E-state index is -0.823. The molecule has 0 bridgehead atoms. The molecule has 0 aliphatic carbocycles. The minimum Gasteiger partial charge on any atom is -0.278 e. The normalized spacial score (nSPS) is 16.3. The lowest BCUT2D eigenvalue weighted by molar-refractivity contribution is 0.893. The van der Waals surface area contributed by atoms with Gasteiger partial charge in [0.2, 0.25) is 11.9 Å². The highest BCUT2D eigenvalue weighted by Gasteiger charge is 2.21. The topological polar surface area (TPSA) is 48.5 Å². The molecule has 0 saturated heterocycles. The molecule has 13 aromatic rings. The van der Waals surface area contributed by atoms with Crippen molar-refractivity contribution >= 4 is 75.1 Å². The Bertz CT molecular complexity index is 5020. The number of para-hydroxylation sites is 3. The summed E-state index contributed by atoms with van der Waals surface area (Å²) in [7, 11) is 0. The lowest BCUT2D eigenvalue weighted by atomic mass is 9.97. The Kier molecular flexibility index (Phi) is 4.75. The van der Waals surface area contributed by atoms with Gasteiger partial charge in [0.25, 0.3) is 0 Å². The van der Waals surface area contributed by atoms with Crippen LogP contribution >= 0.6 is 11.3 Å². The van der Waals surface area contributed by atoms with Crippen molar-refractivity contribution in [2.24, 2.45) is 0 Å². The van der Waals surface area contributed by atoms with Crippen LogP contribution in [0.25, 0.3) is 120 Å². The molecule has 0 spiro atoms. The van der Waals surface area contributed by atoms with Crippen molar-refractivity contribution in [2.45, 2.75) is 0 Å². The average Bonchev–Trinajstić information content (AvgIpc) is 1.78. The Hall–Kier alpha value is -8.19. The molecule has 0 unspecified atom stereocenters. The van der Waals surface area contributed by atoms with Gasteiger partial charge in [0, 0.05) is 47.3 Å². The molecule has 4 heterocycles. The summed E-state index contributed by atoms with van der Waals surface area (Å²) >= 11 is 1.70. The quantitative estimate of drug-likeness (QED) is 0.168. The molecule has 63 heavy (non-hydrogen) atoms. The van der Waals surface area contributed by atoms with E-state index < -0.39 is 160 Å². The Morgan fingerprint density at radius 3 is 1.54 bits per heavy atom. The fraction of sp³-hybridized carbons (Fsp3) is 0. The fourth-order valence-corrected chi connectivity index (χ4v) is 9.22. The standard InChI is InChI=1S/C57H35N5S/c1-2-14-36(15-3-1)41-28-30-46-45-22-6-10-26-51(45)62(52(46)35-41)57-59-55(58-56(60-57)61-49-24-8-4-20-43(49)44-21-5-9-25-50(44)61)42-19-13-18-39(33-42)37-16-12-17-38(32-37)40-29-31-54-48(34-40)47-23-7-11-27-53(47)63-54/h1-35H/i1D,2D,3D,4D,5D,6D,8D,9D,10D,14D,15D,20D,21D,22D,24D,25D,26D,28D,30D,35D. The molecule has 9 aromatic carbocycles.